The van der Waals surface area contributed by atoms with Gasteiger partial charge in [0.1, 0.15) is 19.0 Å². The molecule has 1 aliphatic heterocycles. The SMILES string of the molecule is O=C(c1ccc(OCc2ccccc2)c(OCc2ccccc2)c1)N1CCN(C(=O)c2ccccc2F)CC1. The number of nitrogens with zero attached hydrogens (tertiary/aromatic N) is 2. The molecule has 0 atom stereocenters. The van der Waals surface area contributed by atoms with Crippen molar-refractivity contribution in [2.24, 2.45) is 0 Å². The summed E-state index contributed by atoms with van der Waals surface area (Å²) in [4.78, 5) is 29.4. The van der Waals surface area contributed by atoms with E-state index in [0.29, 0.717) is 56.5 Å². The summed E-state index contributed by atoms with van der Waals surface area (Å²) in [5, 5.41) is 0. The summed E-state index contributed by atoms with van der Waals surface area (Å²) in [7, 11) is 0. The second-order valence-electron chi connectivity index (χ2n) is 9.27. The Morgan fingerprint density at radius 2 is 1.13 bits per heavy atom. The van der Waals surface area contributed by atoms with E-state index in [1.807, 2.05) is 60.7 Å². The van der Waals surface area contributed by atoms with Gasteiger partial charge in [0.25, 0.3) is 11.8 Å². The third kappa shape index (κ3) is 6.44. The first-order chi connectivity index (χ1) is 19.1. The summed E-state index contributed by atoms with van der Waals surface area (Å²) in [5.41, 5.74) is 2.54. The number of rotatable bonds is 8. The van der Waals surface area contributed by atoms with E-state index in [-0.39, 0.29) is 17.4 Å². The molecule has 0 N–H and O–H groups in total. The Labute approximate surface area is 227 Å². The Balaban J connectivity index is 1.28. The van der Waals surface area contributed by atoms with E-state index in [1.54, 1.807) is 40.1 Å². The maximum atomic E-state index is 14.1. The lowest BCUT2D eigenvalue weighted by Gasteiger charge is -2.35. The van der Waals surface area contributed by atoms with E-state index in [2.05, 4.69) is 0 Å². The average molecular weight is 525 g/mol. The highest BCUT2D eigenvalue weighted by atomic mass is 19.1. The fourth-order valence-corrected chi connectivity index (χ4v) is 4.44. The number of hydrogen-bond acceptors (Lipinski definition) is 4. The van der Waals surface area contributed by atoms with Crippen molar-refractivity contribution in [3.05, 3.63) is 131 Å². The Hall–Kier alpha value is -4.65. The molecule has 4 aromatic rings. The van der Waals surface area contributed by atoms with Crippen LogP contribution in [0.25, 0.3) is 0 Å². The first-order valence-electron chi connectivity index (χ1n) is 12.9. The second kappa shape index (κ2) is 12.3. The van der Waals surface area contributed by atoms with E-state index in [0.717, 1.165) is 11.1 Å². The van der Waals surface area contributed by atoms with Crippen LogP contribution in [0.2, 0.25) is 0 Å². The van der Waals surface area contributed by atoms with E-state index in [4.69, 9.17) is 9.47 Å². The lowest BCUT2D eigenvalue weighted by molar-refractivity contribution is 0.0532. The Bertz CT molecular complexity index is 1420. The molecule has 7 heteroatoms. The number of carbonyl (C=O) groups is 2. The van der Waals surface area contributed by atoms with Crippen LogP contribution in [0, 0.1) is 5.82 Å². The standard InChI is InChI=1S/C32H29FN2O4/c33-28-14-8-7-13-27(28)32(37)35-19-17-34(18-20-35)31(36)26-15-16-29(38-22-24-9-3-1-4-10-24)30(21-26)39-23-25-11-5-2-6-12-25/h1-16,21H,17-20,22-23H2. The molecule has 39 heavy (non-hydrogen) atoms. The largest absolute Gasteiger partial charge is 0.485 e. The van der Waals surface area contributed by atoms with E-state index >= 15 is 0 Å². The highest BCUT2D eigenvalue weighted by molar-refractivity contribution is 5.96. The molecule has 5 rings (SSSR count). The fraction of sp³-hybridized carbons (Fsp3) is 0.188. The van der Waals surface area contributed by atoms with Crippen molar-refractivity contribution in [1.82, 2.24) is 9.80 Å². The maximum Gasteiger partial charge on any atom is 0.256 e. The molecule has 0 bridgehead atoms. The third-order valence-corrected chi connectivity index (χ3v) is 6.62. The average Bonchev–Trinajstić information content (AvgIpc) is 3.00. The van der Waals surface area contributed by atoms with Crippen LogP contribution in [0.5, 0.6) is 11.5 Å². The van der Waals surface area contributed by atoms with Crippen LogP contribution in [-0.4, -0.2) is 47.8 Å². The van der Waals surface area contributed by atoms with Crippen LogP contribution in [0.15, 0.2) is 103 Å². The van der Waals surface area contributed by atoms with Gasteiger partial charge in [0.05, 0.1) is 5.56 Å². The normalized spacial score (nSPS) is 13.2. The molecule has 1 heterocycles. The van der Waals surface area contributed by atoms with Crippen LogP contribution in [-0.2, 0) is 13.2 Å². The molecule has 1 saturated heterocycles. The van der Waals surface area contributed by atoms with Gasteiger partial charge in [-0.2, -0.15) is 0 Å². The molecule has 0 saturated carbocycles. The molecule has 0 spiro atoms. The Kier molecular flexibility index (Phi) is 8.17. The van der Waals surface area contributed by atoms with Gasteiger partial charge in [-0.1, -0.05) is 72.8 Å². The zero-order chi connectivity index (χ0) is 27.0. The summed E-state index contributed by atoms with van der Waals surface area (Å²) in [6.07, 6.45) is 0. The molecular weight excluding hydrogens is 495 g/mol. The zero-order valence-electron chi connectivity index (χ0n) is 21.5. The smallest absolute Gasteiger partial charge is 0.256 e. The molecule has 2 amide bonds. The number of ether oxygens (including phenoxy) is 2. The molecule has 1 aliphatic rings. The summed E-state index contributed by atoms with van der Waals surface area (Å²) in [6.45, 7) is 2.06. The molecule has 0 aliphatic carbocycles. The Morgan fingerprint density at radius 3 is 1.72 bits per heavy atom. The molecule has 1 fully saturated rings. The van der Waals surface area contributed by atoms with Crippen LogP contribution in [0.1, 0.15) is 31.8 Å². The predicted octanol–water partition coefficient (Wildman–Crippen LogP) is 5.58. The first kappa shape index (κ1) is 26.0. The minimum Gasteiger partial charge on any atom is -0.485 e. The van der Waals surface area contributed by atoms with Gasteiger partial charge in [0.15, 0.2) is 11.5 Å². The van der Waals surface area contributed by atoms with E-state index in [1.165, 1.54) is 12.1 Å². The van der Waals surface area contributed by atoms with Gasteiger partial charge in [0.2, 0.25) is 0 Å². The zero-order valence-corrected chi connectivity index (χ0v) is 21.5. The lowest BCUT2D eigenvalue weighted by Crippen LogP contribution is -2.50. The van der Waals surface area contributed by atoms with Gasteiger partial charge in [-0.05, 0) is 41.5 Å². The number of piperazine rings is 1. The van der Waals surface area contributed by atoms with Gasteiger partial charge in [-0.3, -0.25) is 9.59 Å². The van der Waals surface area contributed by atoms with Crippen LogP contribution < -0.4 is 9.47 Å². The van der Waals surface area contributed by atoms with Gasteiger partial charge in [-0.15, -0.1) is 0 Å². The maximum absolute atomic E-state index is 14.1. The van der Waals surface area contributed by atoms with Crippen molar-refractivity contribution in [2.45, 2.75) is 13.2 Å². The first-order valence-corrected chi connectivity index (χ1v) is 12.9. The quantitative estimate of drug-likeness (QED) is 0.302. The second-order valence-corrected chi connectivity index (χ2v) is 9.27. The van der Waals surface area contributed by atoms with Crippen LogP contribution >= 0.6 is 0 Å². The van der Waals surface area contributed by atoms with Crippen LogP contribution in [0.3, 0.4) is 0 Å². The Morgan fingerprint density at radius 1 is 0.615 bits per heavy atom. The third-order valence-electron chi connectivity index (χ3n) is 6.62. The van der Waals surface area contributed by atoms with Crippen molar-refractivity contribution < 1.29 is 23.5 Å². The molecule has 6 nitrogen and oxygen atoms in total. The summed E-state index contributed by atoms with van der Waals surface area (Å²) >= 11 is 0. The van der Waals surface area contributed by atoms with Gasteiger partial charge in [-0.25, -0.2) is 4.39 Å². The fourth-order valence-electron chi connectivity index (χ4n) is 4.44. The summed E-state index contributed by atoms with van der Waals surface area (Å²) in [5.74, 6) is -0.0388. The number of halogens is 1. The van der Waals surface area contributed by atoms with Crippen LogP contribution in [0.4, 0.5) is 4.39 Å². The summed E-state index contributed by atoms with van der Waals surface area (Å²) < 4.78 is 26.3. The van der Waals surface area contributed by atoms with Gasteiger partial charge in [0, 0.05) is 31.7 Å². The van der Waals surface area contributed by atoms with Crippen molar-refractivity contribution >= 4 is 11.8 Å². The molecule has 0 radical (unpaired) electrons. The van der Waals surface area contributed by atoms with Crippen molar-refractivity contribution in [2.75, 3.05) is 26.2 Å². The summed E-state index contributed by atoms with van der Waals surface area (Å²) in [6, 6.07) is 30.8. The van der Waals surface area contributed by atoms with Crippen molar-refractivity contribution in [3.63, 3.8) is 0 Å². The predicted molar refractivity (Wildman–Crippen MR) is 146 cm³/mol. The minimum atomic E-state index is -0.543. The van der Waals surface area contributed by atoms with Gasteiger partial charge < -0.3 is 19.3 Å². The molecule has 0 unspecified atom stereocenters. The minimum absolute atomic E-state index is 0.0450. The molecular formula is C32H29FN2O4. The number of benzene rings is 4. The number of amides is 2. The molecule has 198 valence electrons. The highest BCUT2D eigenvalue weighted by Crippen LogP contribution is 2.31. The number of carbonyl (C=O) groups excluding carboxylic acids is 2. The molecule has 4 aromatic carbocycles. The van der Waals surface area contributed by atoms with Crippen molar-refractivity contribution in [3.8, 4) is 11.5 Å². The number of hydrogen-bond donors (Lipinski definition) is 0. The topological polar surface area (TPSA) is 59.1 Å². The van der Waals surface area contributed by atoms with E-state index in [9.17, 15) is 14.0 Å². The monoisotopic (exact) mass is 524 g/mol. The molecule has 0 aromatic heterocycles. The van der Waals surface area contributed by atoms with Gasteiger partial charge >= 0.3 is 0 Å². The lowest BCUT2D eigenvalue weighted by atomic mass is 10.1. The van der Waals surface area contributed by atoms with Crippen molar-refractivity contribution in [1.29, 1.82) is 0 Å². The van der Waals surface area contributed by atoms with E-state index < -0.39 is 5.82 Å². The highest BCUT2D eigenvalue weighted by Gasteiger charge is 2.27.